The third-order valence-electron chi connectivity index (χ3n) is 5.28. The molecule has 4 rings (SSSR count). The lowest BCUT2D eigenvalue weighted by Gasteiger charge is -2.11. The first kappa shape index (κ1) is 13.5. The molecule has 3 heteroatoms. The first-order chi connectivity index (χ1) is 14.5. The van der Waals surface area contributed by atoms with Gasteiger partial charge in [-0.15, -0.1) is 0 Å². The van der Waals surface area contributed by atoms with Crippen molar-refractivity contribution in [2.45, 2.75) is 46.9 Å². The van der Waals surface area contributed by atoms with E-state index in [9.17, 15) is 0 Å². The molecule has 0 saturated heterocycles. The van der Waals surface area contributed by atoms with Crippen molar-refractivity contribution < 1.29 is 14.5 Å². The van der Waals surface area contributed by atoms with Crippen LogP contribution in [-0.4, -0.2) is 4.98 Å². The Morgan fingerprint density at radius 3 is 2.70 bits per heavy atom. The highest BCUT2D eigenvalue weighted by molar-refractivity contribution is 6.08. The number of nitrogens with zero attached hydrogens (tertiary/aromatic N) is 2. The number of furan rings is 1. The van der Waals surface area contributed by atoms with Crippen molar-refractivity contribution in [3.63, 3.8) is 0 Å². The summed E-state index contributed by atoms with van der Waals surface area (Å²) in [6.07, 6.45) is 2.60. The van der Waals surface area contributed by atoms with E-state index in [1.165, 1.54) is 6.92 Å². The third-order valence-corrected chi connectivity index (χ3v) is 5.28. The van der Waals surface area contributed by atoms with Crippen LogP contribution in [0.4, 0.5) is 0 Å². The Balaban J connectivity index is 1.99. The molecule has 0 radical (unpaired) electrons. The zero-order valence-corrected chi connectivity index (χ0v) is 16.5. The number of pyridine rings is 2. The summed E-state index contributed by atoms with van der Waals surface area (Å²) in [6, 6.07) is 10.2. The second kappa shape index (κ2) is 6.49. The molecule has 0 fully saturated rings. The standard InChI is InChI=1S/C24H27N2O/c1-7-17-9-11-19-18-10-8-15(4)22(23(18)27-24(19)25-17)21-12-16(5)20(14(2)3)13-26(21)6/h8-14H,7H2,1-6H3/q+1/i2D3,14D. The number of rotatable bonds is 3. The van der Waals surface area contributed by atoms with E-state index >= 15 is 0 Å². The van der Waals surface area contributed by atoms with E-state index in [4.69, 9.17) is 9.90 Å². The van der Waals surface area contributed by atoms with Crippen LogP contribution >= 0.6 is 0 Å². The van der Waals surface area contributed by atoms with Crippen LogP contribution in [0.15, 0.2) is 40.9 Å². The molecule has 0 aliphatic heterocycles. The molecule has 0 aliphatic rings. The normalized spacial score (nSPS) is 16.6. The monoisotopic (exact) mass is 363 g/mol. The molecule has 0 bridgehead atoms. The first-order valence-corrected chi connectivity index (χ1v) is 9.28. The van der Waals surface area contributed by atoms with Crippen LogP contribution in [-0.2, 0) is 13.5 Å². The lowest BCUT2D eigenvalue weighted by atomic mass is 9.95. The highest BCUT2D eigenvalue weighted by Gasteiger charge is 2.23. The van der Waals surface area contributed by atoms with Gasteiger partial charge in [0, 0.05) is 33.6 Å². The maximum Gasteiger partial charge on any atom is 0.227 e. The van der Waals surface area contributed by atoms with Crippen LogP contribution in [0.1, 0.15) is 54.5 Å². The molecule has 0 spiro atoms. The molecule has 1 atom stereocenters. The Morgan fingerprint density at radius 2 is 1.96 bits per heavy atom. The van der Waals surface area contributed by atoms with E-state index in [0.717, 1.165) is 50.9 Å². The molecule has 0 N–H and O–H groups in total. The number of hydrogen-bond acceptors (Lipinski definition) is 2. The molecule has 4 aromatic rings. The molecule has 0 aliphatic carbocycles. The van der Waals surface area contributed by atoms with Crippen molar-refractivity contribution in [1.82, 2.24) is 4.98 Å². The minimum Gasteiger partial charge on any atom is -0.437 e. The Kier molecular flexibility index (Phi) is 3.24. The minimum atomic E-state index is -2.43. The number of aryl methyl sites for hydroxylation is 4. The summed E-state index contributed by atoms with van der Waals surface area (Å²) >= 11 is 0. The van der Waals surface area contributed by atoms with Gasteiger partial charge in [0.2, 0.25) is 11.4 Å². The van der Waals surface area contributed by atoms with Crippen LogP contribution in [0.3, 0.4) is 0 Å². The molecule has 3 nitrogen and oxygen atoms in total. The Hall–Kier alpha value is -2.68. The fourth-order valence-electron chi connectivity index (χ4n) is 3.76. The van der Waals surface area contributed by atoms with Gasteiger partial charge in [0.15, 0.2) is 11.8 Å². The Bertz CT molecular complexity index is 1320. The number of benzene rings is 1. The highest BCUT2D eigenvalue weighted by atomic mass is 16.3. The van der Waals surface area contributed by atoms with Crippen LogP contribution in [0.5, 0.6) is 0 Å². The molecular weight excluding hydrogens is 332 g/mol. The molecule has 3 heterocycles. The van der Waals surface area contributed by atoms with Crippen LogP contribution in [0, 0.1) is 13.8 Å². The van der Waals surface area contributed by atoms with E-state index in [2.05, 4.69) is 30.1 Å². The topological polar surface area (TPSA) is 29.9 Å². The molecule has 0 amide bonds. The van der Waals surface area contributed by atoms with Gasteiger partial charge >= 0.3 is 0 Å². The van der Waals surface area contributed by atoms with Crippen molar-refractivity contribution >= 4 is 22.1 Å². The predicted octanol–water partition coefficient (Wildman–Crippen LogP) is 5.78. The van der Waals surface area contributed by atoms with Gasteiger partial charge in [-0.3, -0.25) is 0 Å². The van der Waals surface area contributed by atoms with Crippen molar-refractivity contribution in [2.75, 3.05) is 0 Å². The summed E-state index contributed by atoms with van der Waals surface area (Å²) < 4.78 is 40.1. The fourth-order valence-corrected chi connectivity index (χ4v) is 3.76. The van der Waals surface area contributed by atoms with Gasteiger partial charge in [0.1, 0.15) is 7.05 Å². The van der Waals surface area contributed by atoms with E-state index in [-0.39, 0.29) is 0 Å². The van der Waals surface area contributed by atoms with Gasteiger partial charge in [-0.1, -0.05) is 32.8 Å². The van der Waals surface area contributed by atoms with Crippen LogP contribution < -0.4 is 4.57 Å². The van der Waals surface area contributed by atoms with Crippen molar-refractivity contribution in [1.29, 1.82) is 0 Å². The SMILES string of the molecule is [2H]C([2H])([2H])C([2H])(C)c1c[n+](C)c(-c2c(C)ccc3c2oc2nc(CC)ccc23)cc1C. The molecule has 138 valence electrons. The summed E-state index contributed by atoms with van der Waals surface area (Å²) in [6.45, 7) is 4.98. The second-order valence-corrected chi connectivity index (χ2v) is 7.24. The summed E-state index contributed by atoms with van der Waals surface area (Å²) in [5.41, 5.74) is 6.53. The smallest absolute Gasteiger partial charge is 0.227 e. The fraction of sp³-hybridized carbons (Fsp3) is 0.333. The van der Waals surface area contributed by atoms with Gasteiger partial charge < -0.3 is 4.42 Å². The molecule has 1 aromatic carbocycles. The zero-order chi connectivity index (χ0) is 22.7. The van der Waals surface area contributed by atoms with E-state index in [1.54, 1.807) is 6.20 Å². The lowest BCUT2D eigenvalue weighted by Crippen LogP contribution is -2.32. The minimum absolute atomic E-state index is 0.488. The van der Waals surface area contributed by atoms with E-state index in [1.807, 2.05) is 37.6 Å². The Morgan fingerprint density at radius 1 is 1.19 bits per heavy atom. The van der Waals surface area contributed by atoms with E-state index in [0.29, 0.717) is 11.3 Å². The van der Waals surface area contributed by atoms with E-state index < -0.39 is 12.7 Å². The lowest BCUT2D eigenvalue weighted by molar-refractivity contribution is -0.660. The molecule has 27 heavy (non-hydrogen) atoms. The van der Waals surface area contributed by atoms with Crippen LogP contribution in [0.2, 0.25) is 0 Å². The molecular formula is C24H27N2O+. The van der Waals surface area contributed by atoms with Crippen molar-refractivity contribution in [3.05, 3.63) is 58.9 Å². The predicted molar refractivity (Wildman–Crippen MR) is 111 cm³/mol. The quantitative estimate of drug-likeness (QED) is 0.432. The molecule has 1 unspecified atom stereocenters. The van der Waals surface area contributed by atoms with Gasteiger partial charge in [0.25, 0.3) is 0 Å². The van der Waals surface area contributed by atoms with Crippen molar-refractivity contribution in [3.8, 4) is 11.3 Å². The maximum absolute atomic E-state index is 8.51. The first-order valence-electron chi connectivity index (χ1n) is 11.3. The largest absolute Gasteiger partial charge is 0.437 e. The number of aromatic nitrogens is 2. The zero-order valence-electron chi connectivity index (χ0n) is 20.5. The van der Waals surface area contributed by atoms with Gasteiger partial charge in [-0.05, 0) is 49.4 Å². The summed E-state index contributed by atoms with van der Waals surface area (Å²) in [5, 5.41) is 1.98. The van der Waals surface area contributed by atoms with Crippen molar-refractivity contribution in [2.24, 2.45) is 7.05 Å². The maximum atomic E-state index is 8.51. The average molecular weight is 364 g/mol. The van der Waals surface area contributed by atoms with Crippen LogP contribution in [0.25, 0.3) is 33.3 Å². The molecule has 3 aromatic heterocycles. The number of hydrogen-bond donors (Lipinski definition) is 0. The summed E-state index contributed by atoms with van der Waals surface area (Å²) in [7, 11) is 1.88. The highest BCUT2D eigenvalue weighted by Crippen LogP contribution is 2.37. The average Bonchev–Trinajstić information content (AvgIpc) is 3.06. The Labute approximate surface area is 166 Å². The number of fused-ring (bicyclic) bond motifs is 3. The van der Waals surface area contributed by atoms with Gasteiger partial charge in [0.05, 0.1) is 5.56 Å². The second-order valence-electron chi connectivity index (χ2n) is 7.24. The third kappa shape index (κ3) is 2.82. The van der Waals surface area contributed by atoms with Gasteiger partial charge in [-0.2, -0.15) is 0 Å². The summed E-state index contributed by atoms with van der Waals surface area (Å²) in [4.78, 5) is 4.65. The summed E-state index contributed by atoms with van der Waals surface area (Å²) in [5.74, 6) is -1.70. The molecule has 0 saturated carbocycles. The van der Waals surface area contributed by atoms with Gasteiger partial charge in [-0.25, -0.2) is 9.55 Å².